The summed E-state index contributed by atoms with van der Waals surface area (Å²) in [5, 5.41) is 20.5. The largest absolute Gasteiger partial charge is 0.390 e. The number of hydrogen-bond acceptors (Lipinski definition) is 3. The van der Waals surface area contributed by atoms with Crippen molar-refractivity contribution in [3.05, 3.63) is 35.9 Å². The fourth-order valence-electron chi connectivity index (χ4n) is 2.14. The van der Waals surface area contributed by atoms with E-state index in [9.17, 15) is 15.0 Å². The maximum atomic E-state index is 11.3. The summed E-state index contributed by atoms with van der Waals surface area (Å²) in [4.78, 5) is 11.3. The maximum absolute atomic E-state index is 11.3. The summed E-state index contributed by atoms with van der Waals surface area (Å²) in [6, 6.07) is 9.01. The van der Waals surface area contributed by atoms with Gasteiger partial charge in [-0.25, -0.2) is 0 Å². The summed E-state index contributed by atoms with van der Waals surface area (Å²) in [5.41, 5.74) is -1.66. The highest BCUT2D eigenvalue weighted by molar-refractivity contribution is 5.76. The van der Waals surface area contributed by atoms with Crippen LogP contribution in [0.15, 0.2) is 30.3 Å². The molecule has 1 unspecified atom stereocenters. The number of ketones is 1. The molecule has 0 aromatic heterocycles. The third-order valence-corrected chi connectivity index (χ3v) is 2.58. The number of carbonyl (C=O) groups excluding carboxylic acids is 1. The van der Waals surface area contributed by atoms with Crippen LogP contribution in [-0.4, -0.2) is 21.6 Å². The van der Waals surface area contributed by atoms with Gasteiger partial charge in [-0.1, -0.05) is 30.3 Å². The van der Waals surface area contributed by atoms with Gasteiger partial charge in [-0.05, 0) is 26.3 Å². The van der Waals surface area contributed by atoms with Crippen LogP contribution in [0, 0.1) is 0 Å². The Hall–Kier alpha value is -1.19. The van der Waals surface area contributed by atoms with Gasteiger partial charge in [0.05, 0.1) is 11.2 Å². The summed E-state index contributed by atoms with van der Waals surface area (Å²) in [5.74, 6) is -0.0967. The fourth-order valence-corrected chi connectivity index (χ4v) is 2.14. The molecular formula is C14H20O3. The highest BCUT2D eigenvalue weighted by Gasteiger charge is 2.36. The molecule has 0 radical (unpaired) electrons. The van der Waals surface area contributed by atoms with Crippen molar-refractivity contribution in [1.82, 2.24) is 0 Å². The first kappa shape index (κ1) is 13.9. The number of Topliss-reactive ketones (excluding diaryl/α,β-unsaturated/α-hetero) is 1. The summed E-state index contributed by atoms with van der Waals surface area (Å²) in [7, 11) is 0. The zero-order valence-electron chi connectivity index (χ0n) is 10.6. The smallest absolute Gasteiger partial charge is 0.133 e. The topological polar surface area (TPSA) is 57.5 Å². The molecule has 0 aliphatic rings. The molecule has 1 aromatic rings. The average Bonchev–Trinajstić information content (AvgIpc) is 2.14. The summed E-state index contributed by atoms with van der Waals surface area (Å²) >= 11 is 0. The van der Waals surface area contributed by atoms with Gasteiger partial charge in [0.15, 0.2) is 0 Å². The highest BCUT2D eigenvalue weighted by atomic mass is 16.3. The molecule has 1 rings (SSSR count). The predicted molar refractivity (Wildman–Crippen MR) is 66.6 cm³/mol. The molecule has 1 aromatic carbocycles. The van der Waals surface area contributed by atoms with E-state index in [0.717, 1.165) is 0 Å². The first-order chi connectivity index (χ1) is 7.73. The molecule has 17 heavy (non-hydrogen) atoms. The molecule has 2 N–H and O–H groups in total. The molecule has 3 heteroatoms. The Bertz CT molecular complexity index is 378. The van der Waals surface area contributed by atoms with E-state index in [1.54, 1.807) is 26.0 Å². The van der Waals surface area contributed by atoms with Crippen molar-refractivity contribution in [3.8, 4) is 0 Å². The first-order valence-corrected chi connectivity index (χ1v) is 5.73. The molecule has 0 amide bonds. The standard InChI is InChI=1S/C14H20O3/c1-11(15)9-14(17,10-13(2,3)16)12-7-5-4-6-8-12/h4-8,16-17H,9-10H2,1-3H3. The molecule has 1 atom stereocenters. The zero-order chi connectivity index (χ0) is 13.1. The molecule has 0 aliphatic carbocycles. The van der Waals surface area contributed by atoms with E-state index in [1.165, 1.54) is 6.92 Å². The van der Waals surface area contributed by atoms with E-state index in [-0.39, 0.29) is 18.6 Å². The van der Waals surface area contributed by atoms with Crippen LogP contribution in [0.4, 0.5) is 0 Å². The van der Waals surface area contributed by atoms with Gasteiger partial charge in [0, 0.05) is 12.8 Å². The Morgan fingerprint density at radius 2 is 1.71 bits per heavy atom. The van der Waals surface area contributed by atoms with E-state index < -0.39 is 11.2 Å². The minimum Gasteiger partial charge on any atom is -0.390 e. The van der Waals surface area contributed by atoms with Crippen LogP contribution < -0.4 is 0 Å². The van der Waals surface area contributed by atoms with Crippen molar-refractivity contribution in [3.63, 3.8) is 0 Å². The summed E-state index contributed by atoms with van der Waals surface area (Å²) in [6.07, 6.45) is 0.143. The van der Waals surface area contributed by atoms with Gasteiger partial charge in [0.25, 0.3) is 0 Å². The molecule has 0 fully saturated rings. The lowest BCUT2D eigenvalue weighted by Crippen LogP contribution is -2.37. The van der Waals surface area contributed by atoms with Crippen LogP contribution in [0.5, 0.6) is 0 Å². The molecule has 0 aliphatic heterocycles. The van der Waals surface area contributed by atoms with Crippen LogP contribution in [0.2, 0.25) is 0 Å². The second-order valence-corrected chi connectivity index (χ2v) is 5.27. The van der Waals surface area contributed by atoms with E-state index >= 15 is 0 Å². The first-order valence-electron chi connectivity index (χ1n) is 5.73. The van der Waals surface area contributed by atoms with Crippen LogP contribution in [0.3, 0.4) is 0 Å². The normalized spacial score (nSPS) is 15.4. The average molecular weight is 236 g/mol. The zero-order valence-corrected chi connectivity index (χ0v) is 10.6. The third-order valence-electron chi connectivity index (χ3n) is 2.58. The van der Waals surface area contributed by atoms with Crippen LogP contribution in [-0.2, 0) is 10.4 Å². The Morgan fingerprint density at radius 1 is 1.18 bits per heavy atom. The van der Waals surface area contributed by atoms with Gasteiger partial charge in [-0.2, -0.15) is 0 Å². The number of benzene rings is 1. The predicted octanol–water partition coefficient (Wildman–Crippen LogP) is 2.01. The molecule has 0 bridgehead atoms. The van der Waals surface area contributed by atoms with Crippen molar-refractivity contribution in [2.45, 2.75) is 44.8 Å². The van der Waals surface area contributed by atoms with Gasteiger partial charge < -0.3 is 10.2 Å². The molecule has 3 nitrogen and oxygen atoms in total. The molecule has 0 saturated heterocycles. The molecule has 0 spiro atoms. The quantitative estimate of drug-likeness (QED) is 0.822. The third kappa shape index (κ3) is 4.29. The van der Waals surface area contributed by atoms with Crippen LogP contribution in [0.1, 0.15) is 39.2 Å². The van der Waals surface area contributed by atoms with E-state index in [2.05, 4.69) is 0 Å². The molecule has 94 valence electrons. The Labute approximate surface area is 102 Å². The van der Waals surface area contributed by atoms with E-state index in [0.29, 0.717) is 5.56 Å². The Balaban J connectivity index is 3.06. The van der Waals surface area contributed by atoms with Gasteiger partial charge in [0.2, 0.25) is 0 Å². The summed E-state index contributed by atoms with van der Waals surface area (Å²) < 4.78 is 0. The van der Waals surface area contributed by atoms with Crippen molar-refractivity contribution in [2.24, 2.45) is 0 Å². The van der Waals surface area contributed by atoms with E-state index in [4.69, 9.17) is 0 Å². The monoisotopic (exact) mass is 236 g/mol. The highest BCUT2D eigenvalue weighted by Crippen LogP contribution is 2.33. The molecule has 0 saturated carbocycles. The lowest BCUT2D eigenvalue weighted by atomic mass is 9.80. The minimum atomic E-state index is -1.30. The lowest BCUT2D eigenvalue weighted by Gasteiger charge is -2.33. The van der Waals surface area contributed by atoms with Gasteiger partial charge in [0.1, 0.15) is 5.78 Å². The second-order valence-electron chi connectivity index (χ2n) is 5.27. The maximum Gasteiger partial charge on any atom is 0.133 e. The number of rotatable bonds is 5. The summed E-state index contributed by atoms with van der Waals surface area (Å²) in [6.45, 7) is 4.69. The fraction of sp³-hybridized carbons (Fsp3) is 0.500. The molecular weight excluding hydrogens is 216 g/mol. The lowest BCUT2D eigenvalue weighted by molar-refractivity contribution is -0.125. The van der Waals surface area contributed by atoms with Gasteiger partial charge in [-0.3, -0.25) is 4.79 Å². The van der Waals surface area contributed by atoms with Crippen LogP contribution in [0.25, 0.3) is 0 Å². The van der Waals surface area contributed by atoms with Gasteiger partial charge >= 0.3 is 0 Å². The van der Waals surface area contributed by atoms with Crippen LogP contribution >= 0.6 is 0 Å². The minimum absolute atomic E-state index is 0.0149. The van der Waals surface area contributed by atoms with Crippen molar-refractivity contribution in [2.75, 3.05) is 0 Å². The van der Waals surface area contributed by atoms with Gasteiger partial charge in [-0.15, -0.1) is 0 Å². The number of hydrogen-bond donors (Lipinski definition) is 2. The SMILES string of the molecule is CC(=O)CC(O)(CC(C)(C)O)c1ccccc1. The van der Waals surface area contributed by atoms with Crippen molar-refractivity contribution < 1.29 is 15.0 Å². The molecule has 0 heterocycles. The van der Waals surface area contributed by atoms with E-state index in [1.807, 2.05) is 18.2 Å². The Kier molecular flexibility index (Phi) is 4.07. The Morgan fingerprint density at radius 3 is 2.12 bits per heavy atom. The second kappa shape index (κ2) is 4.98. The number of aliphatic hydroxyl groups is 2. The van der Waals surface area contributed by atoms with Crippen molar-refractivity contribution in [1.29, 1.82) is 0 Å². The number of carbonyl (C=O) groups is 1. The van der Waals surface area contributed by atoms with Crippen molar-refractivity contribution >= 4 is 5.78 Å².